The fraction of sp³-hybridized carbons (Fsp3) is 0. The zero-order chi connectivity index (χ0) is 15.0. The second-order valence-electron chi connectivity index (χ2n) is 4.08. The molecule has 108 valence electrons. The molecule has 0 aliphatic rings. The number of benzene rings is 1. The summed E-state index contributed by atoms with van der Waals surface area (Å²) in [6.07, 6.45) is 1.31. The number of aromatic amines is 2. The maximum atomic E-state index is 12.2. The fourth-order valence-corrected chi connectivity index (χ4v) is 2.92. The molecule has 0 atom stereocenters. The Morgan fingerprint density at radius 1 is 1.19 bits per heavy atom. The number of halogens is 1. The zero-order valence-electron chi connectivity index (χ0n) is 10.3. The summed E-state index contributed by atoms with van der Waals surface area (Å²) in [5.41, 5.74) is -0.195. The van der Waals surface area contributed by atoms with Gasteiger partial charge >= 0.3 is 0 Å². The standard InChI is InChI=1S/C11H8BrN5O3S/c12-6-1-3-7(4-2-6)21(19,20)17-11-15-9-8(10(18)16-11)13-5-14-9/h1-5H,(H3,13,14,15,16,17,18). The molecule has 3 rings (SSSR count). The lowest BCUT2D eigenvalue weighted by Gasteiger charge is -2.06. The number of H-pyrrole nitrogens is 2. The highest BCUT2D eigenvalue weighted by Crippen LogP contribution is 2.16. The number of imidazole rings is 1. The highest BCUT2D eigenvalue weighted by Gasteiger charge is 2.16. The normalized spacial score (nSPS) is 11.7. The average Bonchev–Trinajstić information content (AvgIpc) is 2.87. The summed E-state index contributed by atoms with van der Waals surface area (Å²) >= 11 is 3.22. The van der Waals surface area contributed by atoms with Crippen molar-refractivity contribution in [1.82, 2.24) is 19.9 Å². The molecule has 1 aromatic carbocycles. The molecule has 0 amide bonds. The zero-order valence-corrected chi connectivity index (χ0v) is 12.7. The van der Waals surface area contributed by atoms with Crippen molar-refractivity contribution in [1.29, 1.82) is 0 Å². The summed E-state index contributed by atoms with van der Waals surface area (Å²) in [6, 6.07) is 6.05. The van der Waals surface area contributed by atoms with Crippen LogP contribution in [0, 0.1) is 0 Å². The van der Waals surface area contributed by atoms with Crippen LogP contribution in [0.3, 0.4) is 0 Å². The van der Waals surface area contributed by atoms with Gasteiger partial charge in [0.25, 0.3) is 15.6 Å². The highest BCUT2D eigenvalue weighted by molar-refractivity contribution is 9.10. The maximum Gasteiger partial charge on any atom is 0.278 e. The first-order chi connectivity index (χ1) is 9.95. The maximum absolute atomic E-state index is 12.2. The smallest absolute Gasteiger partial charge is 0.278 e. The van der Waals surface area contributed by atoms with Crippen LogP contribution >= 0.6 is 15.9 Å². The van der Waals surface area contributed by atoms with Gasteiger partial charge in [-0.05, 0) is 24.3 Å². The second-order valence-corrected chi connectivity index (χ2v) is 6.67. The average molecular weight is 370 g/mol. The third kappa shape index (κ3) is 2.67. The molecule has 0 aliphatic heterocycles. The first-order valence-corrected chi connectivity index (χ1v) is 7.95. The van der Waals surface area contributed by atoms with E-state index in [-0.39, 0.29) is 22.0 Å². The predicted octanol–water partition coefficient (Wildman–Crippen LogP) is 1.21. The van der Waals surface area contributed by atoms with E-state index in [4.69, 9.17) is 0 Å². The van der Waals surface area contributed by atoms with Gasteiger partial charge in [-0.1, -0.05) is 15.9 Å². The number of fused-ring (bicyclic) bond motifs is 1. The lowest BCUT2D eigenvalue weighted by atomic mass is 10.4. The molecular weight excluding hydrogens is 362 g/mol. The van der Waals surface area contributed by atoms with Crippen LogP contribution in [0.25, 0.3) is 11.2 Å². The van der Waals surface area contributed by atoms with Crippen LogP contribution in [-0.4, -0.2) is 28.4 Å². The number of nitrogens with one attached hydrogen (secondary N) is 3. The number of nitrogens with zero attached hydrogens (tertiary/aromatic N) is 2. The highest BCUT2D eigenvalue weighted by atomic mass is 79.9. The summed E-state index contributed by atoms with van der Waals surface area (Å²) < 4.78 is 27.3. The van der Waals surface area contributed by atoms with Crippen molar-refractivity contribution >= 4 is 43.1 Å². The topological polar surface area (TPSA) is 121 Å². The largest absolute Gasteiger partial charge is 0.339 e. The van der Waals surface area contributed by atoms with E-state index in [1.165, 1.54) is 18.5 Å². The predicted molar refractivity (Wildman–Crippen MR) is 79.5 cm³/mol. The lowest BCUT2D eigenvalue weighted by Crippen LogP contribution is -2.19. The van der Waals surface area contributed by atoms with Crippen molar-refractivity contribution in [3.63, 3.8) is 0 Å². The van der Waals surface area contributed by atoms with E-state index in [9.17, 15) is 13.2 Å². The van der Waals surface area contributed by atoms with E-state index < -0.39 is 15.6 Å². The van der Waals surface area contributed by atoms with E-state index in [1.54, 1.807) is 12.1 Å². The van der Waals surface area contributed by atoms with Crippen molar-refractivity contribution in [2.24, 2.45) is 0 Å². The molecular formula is C11H8BrN5O3S. The van der Waals surface area contributed by atoms with E-state index in [1.807, 2.05) is 0 Å². The summed E-state index contributed by atoms with van der Waals surface area (Å²) in [4.78, 5) is 24.5. The van der Waals surface area contributed by atoms with E-state index >= 15 is 0 Å². The van der Waals surface area contributed by atoms with Crippen molar-refractivity contribution in [3.05, 3.63) is 45.4 Å². The van der Waals surface area contributed by atoms with Crippen LogP contribution in [0.5, 0.6) is 0 Å². The molecule has 2 aromatic heterocycles. The van der Waals surface area contributed by atoms with Gasteiger partial charge in [-0.3, -0.25) is 9.78 Å². The molecule has 3 N–H and O–H groups in total. The Labute approximate surface area is 126 Å². The lowest BCUT2D eigenvalue weighted by molar-refractivity contribution is 0.601. The van der Waals surface area contributed by atoms with Gasteiger partial charge in [-0.25, -0.2) is 18.1 Å². The van der Waals surface area contributed by atoms with Crippen LogP contribution < -0.4 is 10.3 Å². The molecule has 8 nitrogen and oxygen atoms in total. The van der Waals surface area contributed by atoms with Crippen molar-refractivity contribution in [2.75, 3.05) is 4.72 Å². The van der Waals surface area contributed by atoms with Crippen molar-refractivity contribution in [2.45, 2.75) is 4.90 Å². The Kier molecular flexibility index (Phi) is 3.26. The quantitative estimate of drug-likeness (QED) is 0.640. The molecule has 0 aliphatic carbocycles. The SMILES string of the molecule is O=c1[nH]c(NS(=O)(=O)c2ccc(Br)cc2)nc2nc[nH]c12. The third-order valence-corrected chi connectivity index (χ3v) is 4.53. The summed E-state index contributed by atoms with van der Waals surface area (Å²) in [7, 11) is -3.84. The van der Waals surface area contributed by atoms with Crippen molar-refractivity contribution in [3.8, 4) is 0 Å². The first kappa shape index (κ1) is 13.8. The Balaban J connectivity index is 2.00. The number of anilines is 1. The van der Waals surface area contributed by atoms with E-state index in [0.29, 0.717) is 0 Å². The monoisotopic (exact) mass is 369 g/mol. The molecule has 0 bridgehead atoms. The molecule has 21 heavy (non-hydrogen) atoms. The summed E-state index contributed by atoms with van der Waals surface area (Å²) in [5, 5.41) is 0. The summed E-state index contributed by atoms with van der Waals surface area (Å²) in [6.45, 7) is 0. The Morgan fingerprint density at radius 2 is 1.90 bits per heavy atom. The molecule has 0 unspecified atom stereocenters. The fourth-order valence-electron chi connectivity index (χ4n) is 1.69. The van der Waals surface area contributed by atoms with Gasteiger partial charge < -0.3 is 4.98 Å². The molecule has 0 saturated carbocycles. The Hall–Kier alpha value is -2.20. The molecule has 0 radical (unpaired) electrons. The van der Waals surface area contributed by atoms with Gasteiger partial charge in [0.05, 0.1) is 11.2 Å². The molecule has 10 heteroatoms. The Bertz CT molecular complexity index is 961. The minimum atomic E-state index is -3.84. The molecule has 0 fully saturated rings. The summed E-state index contributed by atoms with van der Waals surface area (Å²) in [5.74, 6) is -0.192. The van der Waals surface area contributed by atoms with Crippen LogP contribution in [0.15, 0.2) is 44.8 Å². The van der Waals surface area contributed by atoms with Gasteiger partial charge in [-0.15, -0.1) is 0 Å². The number of hydrogen-bond acceptors (Lipinski definition) is 5. The van der Waals surface area contributed by atoms with Gasteiger partial charge in [0.15, 0.2) is 11.2 Å². The number of aromatic nitrogens is 4. The first-order valence-electron chi connectivity index (χ1n) is 5.67. The van der Waals surface area contributed by atoms with Crippen molar-refractivity contribution < 1.29 is 8.42 Å². The number of hydrogen-bond donors (Lipinski definition) is 3. The minimum absolute atomic E-state index is 0.0514. The second kappa shape index (κ2) is 4.97. The van der Waals surface area contributed by atoms with Crippen LogP contribution in [0.1, 0.15) is 0 Å². The van der Waals surface area contributed by atoms with Crippen LogP contribution in [-0.2, 0) is 10.0 Å². The van der Waals surface area contributed by atoms with Gasteiger partial charge in [0, 0.05) is 4.47 Å². The molecule has 3 aromatic rings. The van der Waals surface area contributed by atoms with Gasteiger partial charge in [-0.2, -0.15) is 4.98 Å². The minimum Gasteiger partial charge on any atom is -0.339 e. The van der Waals surface area contributed by atoms with Crippen LogP contribution in [0.4, 0.5) is 5.95 Å². The molecule has 2 heterocycles. The Morgan fingerprint density at radius 3 is 2.62 bits per heavy atom. The number of rotatable bonds is 3. The third-order valence-electron chi connectivity index (χ3n) is 2.65. The van der Waals surface area contributed by atoms with Gasteiger partial charge in [0.1, 0.15) is 0 Å². The molecule has 0 spiro atoms. The van der Waals surface area contributed by atoms with E-state index in [2.05, 4.69) is 40.6 Å². The van der Waals surface area contributed by atoms with Crippen LogP contribution in [0.2, 0.25) is 0 Å². The van der Waals surface area contributed by atoms with E-state index in [0.717, 1.165) is 4.47 Å². The van der Waals surface area contributed by atoms with Gasteiger partial charge in [0.2, 0.25) is 5.95 Å². The number of sulfonamides is 1. The molecule has 0 saturated heterocycles.